The summed E-state index contributed by atoms with van der Waals surface area (Å²) in [6.45, 7) is 13.5. The van der Waals surface area contributed by atoms with Crippen LogP contribution in [-0.2, 0) is 6.18 Å². The van der Waals surface area contributed by atoms with Crippen LogP contribution in [0.15, 0.2) is 231 Å². The molecule has 13 heteroatoms. The number of alkyl halides is 3. The lowest BCUT2D eigenvalue weighted by molar-refractivity contribution is -0.137. The van der Waals surface area contributed by atoms with Crippen LogP contribution in [0.1, 0.15) is 144 Å². The Morgan fingerprint density at radius 1 is 0.253 bits per heavy atom. The highest BCUT2D eigenvalue weighted by atomic mass is 19.4. The Morgan fingerprint density at radius 3 is 0.644 bits per heavy atom. The standard InChI is InChI=1S/2C26H22O4.C11H13F3.C9H12O2.C2H6/c2*27-21-9-1-17(2-10-21)25(18-3-11-22(28)12-4-18)26(19-5-13-23(29)14-6-19)20-7-15-24(30)16-8-20;1-7(2)9-4-8(3)5-10(6-9)11(12,13)14;1-6(2)7-3-4-8(10)9(11)5-7;1-2/h2*1-16,25-30H;4-7H,1-3H3;3-6,10-11H,1-2H3;1-2H3. The highest BCUT2D eigenvalue weighted by molar-refractivity contribution is 5.51. The Balaban J connectivity index is 0.000000198. The van der Waals surface area contributed by atoms with E-state index >= 15 is 0 Å². The number of aromatic hydroxyl groups is 10. The molecule has 10 rings (SSSR count). The van der Waals surface area contributed by atoms with Crippen molar-refractivity contribution in [3.63, 3.8) is 0 Å². The van der Waals surface area contributed by atoms with E-state index in [1.165, 1.54) is 18.2 Å². The molecular formula is C74H75F3O10. The molecule has 0 unspecified atom stereocenters. The molecule has 87 heavy (non-hydrogen) atoms. The molecule has 0 radical (unpaired) electrons. The van der Waals surface area contributed by atoms with Gasteiger partial charge in [0, 0.05) is 23.7 Å². The van der Waals surface area contributed by atoms with Crippen LogP contribution in [0, 0.1) is 6.92 Å². The molecule has 0 fully saturated rings. The van der Waals surface area contributed by atoms with Gasteiger partial charge in [-0.3, -0.25) is 0 Å². The van der Waals surface area contributed by atoms with Gasteiger partial charge in [0.1, 0.15) is 46.0 Å². The summed E-state index contributed by atoms with van der Waals surface area (Å²) in [4.78, 5) is 0. The molecule has 0 bridgehead atoms. The van der Waals surface area contributed by atoms with Gasteiger partial charge in [0.25, 0.3) is 0 Å². The molecule has 10 aromatic carbocycles. The fraction of sp³-hybridized carbons (Fsp3) is 0.189. The van der Waals surface area contributed by atoms with Gasteiger partial charge in [-0.15, -0.1) is 0 Å². The lowest BCUT2D eigenvalue weighted by Crippen LogP contribution is -2.14. The van der Waals surface area contributed by atoms with E-state index in [0.29, 0.717) is 11.5 Å². The van der Waals surface area contributed by atoms with Crippen molar-refractivity contribution in [2.24, 2.45) is 0 Å². The van der Waals surface area contributed by atoms with E-state index in [1.54, 1.807) is 122 Å². The number of rotatable bonds is 12. The van der Waals surface area contributed by atoms with Gasteiger partial charge in [0.15, 0.2) is 11.5 Å². The lowest BCUT2D eigenvalue weighted by atomic mass is 9.73. The zero-order valence-electron chi connectivity index (χ0n) is 49.5. The Morgan fingerprint density at radius 2 is 0.460 bits per heavy atom. The average molecular weight is 1180 g/mol. The number of hydrogen-bond donors (Lipinski definition) is 10. The molecule has 10 nitrogen and oxygen atoms in total. The molecule has 0 heterocycles. The number of phenols is 10. The molecule has 0 saturated heterocycles. The summed E-state index contributed by atoms with van der Waals surface area (Å²) in [6, 6.07) is 65.9. The Kier molecular flexibility index (Phi) is 23.3. The Labute approximate surface area is 507 Å². The monoisotopic (exact) mass is 1180 g/mol. The topological polar surface area (TPSA) is 202 Å². The predicted octanol–water partition coefficient (Wildman–Crippen LogP) is 18.3. The first-order valence-electron chi connectivity index (χ1n) is 28.5. The predicted molar refractivity (Wildman–Crippen MR) is 338 cm³/mol. The highest BCUT2D eigenvalue weighted by Gasteiger charge is 2.32. The maximum absolute atomic E-state index is 12.4. The van der Waals surface area contributed by atoms with Crippen LogP contribution in [0.5, 0.6) is 57.5 Å². The van der Waals surface area contributed by atoms with Crippen LogP contribution in [0.2, 0.25) is 0 Å². The van der Waals surface area contributed by atoms with Gasteiger partial charge in [0.05, 0.1) is 5.56 Å². The second kappa shape index (κ2) is 30.7. The molecule has 0 saturated carbocycles. The fourth-order valence-corrected chi connectivity index (χ4v) is 9.97. The van der Waals surface area contributed by atoms with Gasteiger partial charge < -0.3 is 51.1 Å². The Hall–Kier alpha value is -10.0. The lowest BCUT2D eigenvalue weighted by Gasteiger charge is -2.29. The molecule has 0 atom stereocenters. The Bertz CT molecular complexity index is 3130. The van der Waals surface area contributed by atoms with Crippen LogP contribution in [0.3, 0.4) is 0 Å². The molecule has 0 aromatic heterocycles. The van der Waals surface area contributed by atoms with Crippen molar-refractivity contribution < 1.29 is 64.2 Å². The maximum Gasteiger partial charge on any atom is 0.416 e. The van der Waals surface area contributed by atoms with Gasteiger partial charge in [-0.05, 0) is 196 Å². The van der Waals surface area contributed by atoms with Crippen molar-refractivity contribution in [1.29, 1.82) is 0 Å². The first-order valence-corrected chi connectivity index (χ1v) is 28.5. The van der Waals surface area contributed by atoms with Gasteiger partial charge >= 0.3 is 6.18 Å². The van der Waals surface area contributed by atoms with Crippen molar-refractivity contribution in [3.05, 3.63) is 297 Å². The smallest absolute Gasteiger partial charge is 0.416 e. The van der Waals surface area contributed by atoms with Crippen LogP contribution in [0.4, 0.5) is 13.2 Å². The second-order valence-corrected chi connectivity index (χ2v) is 21.3. The SMILES string of the molecule is CC.CC(C)c1ccc(O)c(O)c1.Cc1cc(C(C)C)cc(C(F)(F)F)c1.Oc1ccc(C(c2ccc(O)cc2)C(c2ccc(O)cc2)c2ccc(O)cc2)cc1.Oc1ccc(C(c2ccc(O)cc2)C(c2ccc(O)cc2)c2ccc(O)cc2)cc1. The molecule has 10 aromatic rings. The van der Waals surface area contributed by atoms with Gasteiger partial charge in [0.2, 0.25) is 0 Å². The number of aryl methyl sites for hydroxylation is 1. The molecule has 0 spiro atoms. The minimum Gasteiger partial charge on any atom is -0.508 e. The fourth-order valence-electron chi connectivity index (χ4n) is 9.97. The number of halogens is 3. The van der Waals surface area contributed by atoms with Crippen LogP contribution < -0.4 is 0 Å². The minimum absolute atomic E-state index is 0.0452. The van der Waals surface area contributed by atoms with Crippen molar-refractivity contribution >= 4 is 0 Å². The van der Waals surface area contributed by atoms with E-state index in [1.807, 2.05) is 139 Å². The highest BCUT2D eigenvalue weighted by Crippen LogP contribution is 2.46. The minimum atomic E-state index is -4.24. The number of benzene rings is 10. The second-order valence-electron chi connectivity index (χ2n) is 21.3. The third kappa shape index (κ3) is 18.7. The van der Waals surface area contributed by atoms with E-state index in [0.717, 1.165) is 55.6 Å². The van der Waals surface area contributed by atoms with E-state index in [4.69, 9.17) is 10.2 Å². The van der Waals surface area contributed by atoms with Gasteiger partial charge in [-0.1, -0.05) is 156 Å². The van der Waals surface area contributed by atoms with E-state index < -0.39 is 11.7 Å². The molecule has 452 valence electrons. The summed E-state index contributed by atoms with van der Waals surface area (Å²) in [5, 5.41) is 96.4. The molecule has 0 amide bonds. The average Bonchev–Trinajstić information content (AvgIpc) is 1.44. The van der Waals surface area contributed by atoms with E-state index in [-0.39, 0.29) is 87.1 Å². The third-order valence-corrected chi connectivity index (χ3v) is 14.4. The molecule has 0 aliphatic heterocycles. The van der Waals surface area contributed by atoms with Crippen molar-refractivity contribution in [3.8, 4) is 57.5 Å². The normalized spacial score (nSPS) is 11.0. The van der Waals surface area contributed by atoms with Crippen molar-refractivity contribution in [1.82, 2.24) is 0 Å². The van der Waals surface area contributed by atoms with E-state index in [2.05, 4.69) is 0 Å². The molecule has 10 N–H and O–H groups in total. The molecule has 0 aliphatic rings. The number of phenolic OH excluding ortho intramolecular Hbond substituents is 10. The summed E-state index contributed by atoms with van der Waals surface area (Å²) < 4.78 is 37.2. The quantitative estimate of drug-likeness (QED) is 0.0525. The molecule has 0 aliphatic carbocycles. The summed E-state index contributed by atoms with van der Waals surface area (Å²) in [5.74, 6) is 1.35. The summed E-state index contributed by atoms with van der Waals surface area (Å²) in [6.07, 6.45) is -4.24. The number of hydrogen-bond acceptors (Lipinski definition) is 10. The van der Waals surface area contributed by atoms with Gasteiger partial charge in [-0.25, -0.2) is 0 Å². The van der Waals surface area contributed by atoms with Crippen LogP contribution in [-0.4, -0.2) is 51.1 Å². The summed E-state index contributed by atoms with van der Waals surface area (Å²) in [5.41, 5.74) is 9.79. The largest absolute Gasteiger partial charge is 0.508 e. The van der Waals surface area contributed by atoms with E-state index in [9.17, 15) is 54.0 Å². The maximum atomic E-state index is 12.4. The van der Waals surface area contributed by atoms with Crippen LogP contribution in [0.25, 0.3) is 0 Å². The van der Waals surface area contributed by atoms with Crippen molar-refractivity contribution in [2.45, 2.75) is 90.1 Å². The molecular weight excluding hydrogens is 1110 g/mol. The zero-order chi connectivity index (χ0) is 63.5. The van der Waals surface area contributed by atoms with Gasteiger partial charge in [-0.2, -0.15) is 13.2 Å². The van der Waals surface area contributed by atoms with Crippen LogP contribution >= 0.6 is 0 Å². The summed E-state index contributed by atoms with van der Waals surface area (Å²) in [7, 11) is 0. The zero-order valence-corrected chi connectivity index (χ0v) is 49.5. The first-order chi connectivity index (χ1) is 41.4. The third-order valence-electron chi connectivity index (χ3n) is 14.4. The van der Waals surface area contributed by atoms with Crippen molar-refractivity contribution in [2.75, 3.05) is 0 Å². The first kappa shape index (κ1) is 66.1. The summed E-state index contributed by atoms with van der Waals surface area (Å²) >= 11 is 0.